The summed E-state index contributed by atoms with van der Waals surface area (Å²) in [5.74, 6) is -0.0648. The first-order valence-electron chi connectivity index (χ1n) is 8.89. The number of hydrogen-bond acceptors (Lipinski definition) is 4. The Morgan fingerprint density at radius 3 is 2.52 bits per heavy atom. The van der Waals surface area contributed by atoms with Crippen molar-refractivity contribution in [1.82, 2.24) is 15.5 Å². The van der Waals surface area contributed by atoms with Crippen LogP contribution >= 0.6 is 0 Å². The molecule has 0 spiro atoms. The molecule has 1 aliphatic heterocycles. The zero-order valence-electron chi connectivity index (χ0n) is 13.6. The second-order valence-corrected chi connectivity index (χ2v) is 7.21. The van der Waals surface area contributed by atoms with Gasteiger partial charge in [0, 0.05) is 6.04 Å². The Labute approximate surface area is 137 Å². The lowest BCUT2D eigenvalue weighted by Gasteiger charge is -2.32. The monoisotopic (exact) mass is 318 g/mol. The van der Waals surface area contributed by atoms with Gasteiger partial charge < -0.3 is 10.6 Å². The summed E-state index contributed by atoms with van der Waals surface area (Å²) in [6, 6.07) is 2.47. The van der Waals surface area contributed by atoms with E-state index in [2.05, 4.69) is 16.7 Å². The molecule has 3 rings (SSSR count). The molecule has 0 aromatic carbocycles. The molecule has 2 saturated carbocycles. The Morgan fingerprint density at radius 1 is 1.13 bits per heavy atom. The molecule has 0 bridgehead atoms. The number of amides is 2. The largest absolute Gasteiger partial charge is 0.352 e. The van der Waals surface area contributed by atoms with Crippen LogP contribution in [0.4, 0.5) is 0 Å². The van der Waals surface area contributed by atoms with Gasteiger partial charge in [0.25, 0.3) is 0 Å². The maximum Gasteiger partial charge on any atom is 0.237 e. The molecule has 0 aromatic rings. The van der Waals surface area contributed by atoms with Crippen LogP contribution in [0.3, 0.4) is 0 Å². The third-order valence-corrected chi connectivity index (χ3v) is 5.24. The first-order valence-corrected chi connectivity index (χ1v) is 8.89. The summed E-state index contributed by atoms with van der Waals surface area (Å²) in [7, 11) is 0. The lowest BCUT2D eigenvalue weighted by molar-refractivity contribution is -0.128. The highest BCUT2D eigenvalue weighted by molar-refractivity contribution is 5.84. The van der Waals surface area contributed by atoms with Gasteiger partial charge in [0.05, 0.1) is 18.7 Å². The smallest absolute Gasteiger partial charge is 0.237 e. The van der Waals surface area contributed by atoms with Crippen molar-refractivity contribution in [1.29, 1.82) is 5.26 Å². The summed E-state index contributed by atoms with van der Waals surface area (Å²) in [6.07, 6.45) is 8.49. The van der Waals surface area contributed by atoms with Crippen LogP contribution in [0.5, 0.6) is 0 Å². The molecule has 126 valence electrons. The Balaban J connectivity index is 1.53. The van der Waals surface area contributed by atoms with Crippen molar-refractivity contribution in [2.45, 2.75) is 75.4 Å². The highest BCUT2D eigenvalue weighted by atomic mass is 16.2. The number of carbonyl (C=O) groups excluding carboxylic acids is 2. The minimum Gasteiger partial charge on any atom is -0.352 e. The van der Waals surface area contributed by atoms with Crippen LogP contribution in [0.1, 0.15) is 57.8 Å². The summed E-state index contributed by atoms with van der Waals surface area (Å²) < 4.78 is 0. The van der Waals surface area contributed by atoms with Gasteiger partial charge in [-0.15, -0.1) is 0 Å². The second-order valence-electron chi connectivity index (χ2n) is 7.21. The van der Waals surface area contributed by atoms with Gasteiger partial charge in [-0.3, -0.25) is 14.5 Å². The average Bonchev–Trinajstić information content (AvgIpc) is 3.24. The third kappa shape index (κ3) is 4.03. The molecule has 0 radical (unpaired) electrons. The van der Waals surface area contributed by atoms with Crippen LogP contribution in [0.25, 0.3) is 0 Å². The van der Waals surface area contributed by atoms with Gasteiger partial charge >= 0.3 is 0 Å². The molecular formula is C17H26N4O2. The molecule has 1 saturated heterocycles. The summed E-state index contributed by atoms with van der Waals surface area (Å²) in [4.78, 5) is 26.6. The molecule has 2 N–H and O–H groups in total. The highest BCUT2D eigenvalue weighted by Crippen LogP contribution is 2.28. The quantitative estimate of drug-likeness (QED) is 0.794. The maximum atomic E-state index is 12.4. The van der Waals surface area contributed by atoms with E-state index >= 15 is 0 Å². The predicted molar refractivity (Wildman–Crippen MR) is 85.3 cm³/mol. The van der Waals surface area contributed by atoms with Crippen molar-refractivity contribution in [3.63, 3.8) is 0 Å². The summed E-state index contributed by atoms with van der Waals surface area (Å²) >= 11 is 0. The standard InChI is InChI=1S/C17H26N4O2/c18-12-17(8-2-1-3-9-17)20-15(22)11-21-10-4-5-14(21)16(23)19-13-6-7-13/h13-14H,1-11H2,(H,19,23)(H,20,22). The second kappa shape index (κ2) is 6.88. The Bertz CT molecular complexity index is 503. The minimum atomic E-state index is -0.694. The molecule has 1 atom stereocenters. The normalized spacial score (nSPS) is 27.2. The topological polar surface area (TPSA) is 85.2 Å². The third-order valence-electron chi connectivity index (χ3n) is 5.24. The zero-order valence-corrected chi connectivity index (χ0v) is 13.6. The first kappa shape index (κ1) is 16.3. The maximum absolute atomic E-state index is 12.4. The van der Waals surface area contributed by atoms with Crippen LogP contribution in [-0.2, 0) is 9.59 Å². The van der Waals surface area contributed by atoms with Crippen LogP contribution in [0.15, 0.2) is 0 Å². The number of rotatable bonds is 5. The van der Waals surface area contributed by atoms with E-state index in [1.165, 1.54) is 0 Å². The van der Waals surface area contributed by atoms with Crippen LogP contribution < -0.4 is 10.6 Å². The molecule has 2 aliphatic carbocycles. The highest BCUT2D eigenvalue weighted by Gasteiger charge is 2.37. The molecule has 2 amide bonds. The summed E-state index contributed by atoms with van der Waals surface area (Å²) in [5.41, 5.74) is -0.694. The van der Waals surface area contributed by atoms with Gasteiger partial charge in [-0.25, -0.2) is 0 Å². The minimum absolute atomic E-state index is 0.0606. The molecule has 1 heterocycles. The van der Waals surface area contributed by atoms with Gasteiger partial charge in [-0.05, 0) is 45.1 Å². The Morgan fingerprint density at radius 2 is 1.87 bits per heavy atom. The number of nitrogens with zero attached hydrogens (tertiary/aromatic N) is 2. The van der Waals surface area contributed by atoms with E-state index in [-0.39, 0.29) is 24.4 Å². The molecular weight excluding hydrogens is 292 g/mol. The molecule has 23 heavy (non-hydrogen) atoms. The van der Waals surface area contributed by atoms with E-state index in [4.69, 9.17) is 0 Å². The summed E-state index contributed by atoms with van der Waals surface area (Å²) in [6.45, 7) is 0.988. The van der Waals surface area contributed by atoms with Gasteiger partial charge in [-0.1, -0.05) is 19.3 Å². The molecule has 6 nitrogen and oxygen atoms in total. The van der Waals surface area contributed by atoms with Crippen LogP contribution in [0, 0.1) is 11.3 Å². The van der Waals surface area contributed by atoms with E-state index in [1.807, 2.05) is 4.90 Å². The lowest BCUT2D eigenvalue weighted by Crippen LogP contribution is -2.53. The number of likely N-dealkylation sites (tertiary alicyclic amines) is 1. The van der Waals surface area contributed by atoms with Gasteiger partial charge in [0.1, 0.15) is 5.54 Å². The molecule has 1 unspecified atom stereocenters. The van der Waals surface area contributed by atoms with Crippen molar-refractivity contribution >= 4 is 11.8 Å². The van der Waals surface area contributed by atoms with Gasteiger partial charge in [0.15, 0.2) is 0 Å². The number of carbonyl (C=O) groups is 2. The van der Waals surface area contributed by atoms with Gasteiger partial charge in [-0.2, -0.15) is 5.26 Å². The Hall–Kier alpha value is -1.61. The fraction of sp³-hybridized carbons (Fsp3) is 0.824. The summed E-state index contributed by atoms with van der Waals surface area (Å²) in [5, 5.41) is 15.4. The van der Waals surface area contributed by atoms with Crippen LogP contribution in [-0.4, -0.2) is 47.4 Å². The van der Waals surface area contributed by atoms with E-state index < -0.39 is 5.54 Å². The SMILES string of the molecule is N#CC1(NC(=O)CN2CCCC2C(=O)NC2CC2)CCCCC1. The molecule has 0 aromatic heterocycles. The fourth-order valence-electron chi connectivity index (χ4n) is 3.75. The van der Waals surface area contributed by atoms with Crippen molar-refractivity contribution < 1.29 is 9.59 Å². The number of hydrogen-bond donors (Lipinski definition) is 2. The average molecular weight is 318 g/mol. The number of nitriles is 1. The van der Waals surface area contributed by atoms with Crippen molar-refractivity contribution in [2.24, 2.45) is 0 Å². The van der Waals surface area contributed by atoms with E-state index in [0.717, 1.165) is 64.3 Å². The van der Waals surface area contributed by atoms with Crippen molar-refractivity contribution in [2.75, 3.05) is 13.1 Å². The first-order chi connectivity index (χ1) is 11.1. The van der Waals surface area contributed by atoms with Crippen molar-refractivity contribution in [3.8, 4) is 6.07 Å². The van der Waals surface area contributed by atoms with Crippen LogP contribution in [0.2, 0.25) is 0 Å². The molecule has 6 heteroatoms. The molecule has 3 aliphatic rings. The van der Waals surface area contributed by atoms with Gasteiger partial charge in [0.2, 0.25) is 11.8 Å². The molecule has 3 fully saturated rings. The van der Waals surface area contributed by atoms with E-state index in [0.29, 0.717) is 6.04 Å². The van der Waals surface area contributed by atoms with Crippen molar-refractivity contribution in [3.05, 3.63) is 0 Å². The lowest BCUT2D eigenvalue weighted by atomic mass is 9.83. The fourth-order valence-corrected chi connectivity index (χ4v) is 3.75. The Kier molecular flexibility index (Phi) is 4.86. The predicted octanol–water partition coefficient (Wildman–Crippen LogP) is 1.07. The van der Waals surface area contributed by atoms with E-state index in [1.54, 1.807) is 0 Å². The van der Waals surface area contributed by atoms with E-state index in [9.17, 15) is 14.9 Å². The number of nitrogens with one attached hydrogen (secondary N) is 2. The zero-order chi connectivity index (χ0) is 16.3.